The van der Waals surface area contributed by atoms with Gasteiger partial charge in [0.15, 0.2) is 0 Å². The van der Waals surface area contributed by atoms with E-state index in [-0.39, 0.29) is 5.75 Å². The Hall–Kier alpha value is -2.03. The van der Waals surface area contributed by atoms with Gasteiger partial charge in [0.2, 0.25) is 0 Å². The van der Waals surface area contributed by atoms with E-state index in [4.69, 9.17) is 4.42 Å². The van der Waals surface area contributed by atoms with Gasteiger partial charge in [0, 0.05) is 0 Å². The maximum Gasteiger partial charge on any atom is 0.339 e. The van der Waals surface area contributed by atoms with E-state index in [1.54, 1.807) is 18.2 Å². The Morgan fingerprint density at radius 1 is 1.27 bits per heavy atom. The van der Waals surface area contributed by atoms with Crippen LogP contribution in [0.25, 0.3) is 12.2 Å². The number of aromatic hydroxyl groups is 1. The standard InChI is InChI=1S/C12H10O3/c1-8-3-2-4-11-9(6-5-8)10(13)7-12(14)15-11/h2-7,13H,1H3. The molecule has 0 amide bonds. The van der Waals surface area contributed by atoms with Crippen LogP contribution in [0.15, 0.2) is 39.1 Å². The molecule has 0 radical (unpaired) electrons. The highest BCUT2D eigenvalue weighted by Gasteiger charge is 1.98. The fourth-order valence-corrected chi connectivity index (χ4v) is 1.36. The van der Waals surface area contributed by atoms with Gasteiger partial charge in [-0.2, -0.15) is 0 Å². The van der Waals surface area contributed by atoms with Crippen molar-refractivity contribution in [2.45, 2.75) is 6.92 Å². The van der Waals surface area contributed by atoms with Crippen molar-refractivity contribution in [2.24, 2.45) is 0 Å². The molecule has 0 fully saturated rings. The van der Waals surface area contributed by atoms with Crippen LogP contribution in [0.4, 0.5) is 0 Å². The van der Waals surface area contributed by atoms with Crippen LogP contribution in [0.3, 0.4) is 0 Å². The molecule has 0 bridgehead atoms. The maximum atomic E-state index is 11.0. The van der Waals surface area contributed by atoms with Gasteiger partial charge in [-0.25, -0.2) is 4.79 Å². The molecule has 1 aromatic rings. The Bertz CT molecular complexity index is 615. The molecule has 0 aliphatic heterocycles. The minimum Gasteiger partial charge on any atom is -0.507 e. The molecule has 1 N–H and O–H groups in total. The monoisotopic (exact) mass is 202 g/mol. The van der Waals surface area contributed by atoms with E-state index >= 15 is 0 Å². The summed E-state index contributed by atoms with van der Waals surface area (Å²) in [4.78, 5) is 11.0. The molecular weight excluding hydrogens is 192 g/mol. The first-order chi connectivity index (χ1) is 7.16. The Morgan fingerprint density at radius 3 is 2.87 bits per heavy atom. The van der Waals surface area contributed by atoms with E-state index in [1.165, 1.54) is 0 Å². The van der Waals surface area contributed by atoms with Crippen LogP contribution < -0.4 is 16.3 Å². The van der Waals surface area contributed by atoms with Crippen molar-refractivity contribution < 1.29 is 9.52 Å². The molecule has 1 aromatic heterocycles. The van der Waals surface area contributed by atoms with Crippen molar-refractivity contribution in [3.05, 3.63) is 50.9 Å². The first kappa shape index (κ1) is 9.52. The molecule has 0 spiro atoms. The quantitative estimate of drug-likeness (QED) is 0.663. The van der Waals surface area contributed by atoms with Gasteiger partial charge in [-0.05, 0) is 19.1 Å². The highest BCUT2D eigenvalue weighted by molar-refractivity contribution is 5.50. The fourth-order valence-electron chi connectivity index (χ4n) is 1.36. The van der Waals surface area contributed by atoms with Crippen LogP contribution in [-0.4, -0.2) is 5.11 Å². The van der Waals surface area contributed by atoms with E-state index in [1.807, 2.05) is 19.1 Å². The SMILES string of the molecule is CC1=CC=c2c(O)cc(=O)oc2=CC=C1. The van der Waals surface area contributed by atoms with Crippen molar-refractivity contribution in [1.29, 1.82) is 0 Å². The molecular formula is C12H10O3. The van der Waals surface area contributed by atoms with Crippen LogP contribution in [-0.2, 0) is 0 Å². The van der Waals surface area contributed by atoms with Crippen LogP contribution >= 0.6 is 0 Å². The van der Waals surface area contributed by atoms with Crippen LogP contribution in [0.2, 0.25) is 0 Å². The predicted molar refractivity (Wildman–Crippen MR) is 57.7 cm³/mol. The molecule has 2 rings (SSSR count). The average Bonchev–Trinajstić information content (AvgIpc) is 2.13. The summed E-state index contributed by atoms with van der Waals surface area (Å²) in [7, 11) is 0. The molecule has 76 valence electrons. The largest absolute Gasteiger partial charge is 0.507 e. The highest BCUT2D eigenvalue weighted by atomic mass is 16.4. The summed E-state index contributed by atoms with van der Waals surface area (Å²) in [6.07, 6.45) is 8.90. The number of hydrogen-bond donors (Lipinski definition) is 1. The summed E-state index contributed by atoms with van der Waals surface area (Å²) in [6, 6.07) is 1.07. The Morgan fingerprint density at radius 2 is 2.07 bits per heavy atom. The van der Waals surface area contributed by atoms with Crippen LogP contribution in [0.5, 0.6) is 5.75 Å². The zero-order chi connectivity index (χ0) is 10.8. The molecule has 0 aromatic carbocycles. The predicted octanol–water partition coefficient (Wildman–Crippen LogP) is 0.423. The van der Waals surface area contributed by atoms with Gasteiger partial charge < -0.3 is 9.52 Å². The lowest BCUT2D eigenvalue weighted by Crippen LogP contribution is -2.28. The van der Waals surface area contributed by atoms with Gasteiger partial charge in [0.1, 0.15) is 11.2 Å². The molecule has 0 saturated heterocycles. The lowest BCUT2D eigenvalue weighted by atomic mass is 10.2. The second-order valence-electron chi connectivity index (χ2n) is 3.33. The maximum absolute atomic E-state index is 11.0. The molecule has 0 saturated carbocycles. The molecule has 1 aliphatic rings. The van der Waals surface area contributed by atoms with E-state index in [9.17, 15) is 9.90 Å². The van der Waals surface area contributed by atoms with Gasteiger partial charge in [0.05, 0.1) is 11.3 Å². The van der Waals surface area contributed by atoms with E-state index in [0.717, 1.165) is 11.6 Å². The summed E-state index contributed by atoms with van der Waals surface area (Å²) in [5.41, 5.74) is 0.882. The topological polar surface area (TPSA) is 50.4 Å². The Kier molecular flexibility index (Phi) is 2.29. The van der Waals surface area contributed by atoms with Gasteiger partial charge >= 0.3 is 5.63 Å². The van der Waals surface area contributed by atoms with Gasteiger partial charge in [-0.1, -0.05) is 23.8 Å². The summed E-state index contributed by atoms with van der Waals surface area (Å²) in [5.74, 6) is -0.0585. The molecule has 3 heteroatoms. The van der Waals surface area contributed by atoms with Crippen molar-refractivity contribution in [3.63, 3.8) is 0 Å². The fraction of sp³-hybridized carbons (Fsp3) is 0.0833. The number of hydrogen-bond acceptors (Lipinski definition) is 3. The van der Waals surface area contributed by atoms with E-state index in [0.29, 0.717) is 10.6 Å². The summed E-state index contributed by atoms with van der Waals surface area (Å²) >= 11 is 0. The second kappa shape index (κ2) is 3.61. The first-order valence-corrected chi connectivity index (χ1v) is 4.57. The molecule has 1 aliphatic carbocycles. The number of fused-ring (bicyclic) bond motifs is 1. The van der Waals surface area contributed by atoms with Crippen molar-refractivity contribution in [1.82, 2.24) is 0 Å². The van der Waals surface area contributed by atoms with Crippen LogP contribution in [0, 0.1) is 0 Å². The third kappa shape index (κ3) is 1.91. The average molecular weight is 202 g/mol. The summed E-state index contributed by atoms with van der Waals surface area (Å²) < 4.78 is 4.97. The summed E-state index contributed by atoms with van der Waals surface area (Å²) in [5, 5.41) is 10.1. The minimum absolute atomic E-state index is 0.0585. The van der Waals surface area contributed by atoms with Crippen molar-refractivity contribution in [3.8, 4) is 5.75 Å². The van der Waals surface area contributed by atoms with Gasteiger partial charge in [-0.15, -0.1) is 0 Å². The Balaban J connectivity index is 2.90. The van der Waals surface area contributed by atoms with E-state index < -0.39 is 5.63 Å². The lowest BCUT2D eigenvalue weighted by Gasteiger charge is -1.96. The van der Waals surface area contributed by atoms with Crippen LogP contribution in [0.1, 0.15) is 6.92 Å². The zero-order valence-corrected chi connectivity index (χ0v) is 8.23. The van der Waals surface area contributed by atoms with E-state index in [2.05, 4.69) is 0 Å². The van der Waals surface area contributed by atoms with Gasteiger partial charge in [-0.3, -0.25) is 0 Å². The first-order valence-electron chi connectivity index (χ1n) is 4.57. The smallest absolute Gasteiger partial charge is 0.339 e. The van der Waals surface area contributed by atoms with Gasteiger partial charge in [0.25, 0.3) is 0 Å². The highest BCUT2D eigenvalue weighted by Crippen LogP contribution is 1.98. The molecule has 3 nitrogen and oxygen atoms in total. The lowest BCUT2D eigenvalue weighted by molar-refractivity contribution is 0.425. The Labute approximate surface area is 86.0 Å². The summed E-state index contributed by atoms with van der Waals surface area (Å²) in [6.45, 7) is 1.95. The molecule has 0 atom stereocenters. The normalized spacial score (nSPS) is 14.1. The van der Waals surface area contributed by atoms with Crippen molar-refractivity contribution in [2.75, 3.05) is 0 Å². The molecule has 1 heterocycles. The molecule has 15 heavy (non-hydrogen) atoms. The minimum atomic E-state index is -0.550. The van der Waals surface area contributed by atoms with Crippen molar-refractivity contribution >= 4 is 12.2 Å². The zero-order valence-electron chi connectivity index (χ0n) is 8.23. The third-order valence-electron chi connectivity index (χ3n) is 2.13. The number of allylic oxidation sites excluding steroid dienone is 4. The third-order valence-corrected chi connectivity index (χ3v) is 2.13. The second-order valence-corrected chi connectivity index (χ2v) is 3.33. The number of rotatable bonds is 0. The molecule has 0 unspecified atom stereocenters.